The summed E-state index contributed by atoms with van der Waals surface area (Å²) in [5.41, 5.74) is 6.77. The van der Waals surface area contributed by atoms with Crippen LogP contribution >= 0.6 is 23.2 Å². The molecular weight excluding hydrogens is 579 g/mol. The minimum absolute atomic E-state index is 0.0368. The fraction of sp³-hybridized carbons (Fsp3) is 0.323. The van der Waals surface area contributed by atoms with Gasteiger partial charge in [-0.25, -0.2) is 4.59 Å². The summed E-state index contributed by atoms with van der Waals surface area (Å²) >= 11 is 12.3. The quantitative estimate of drug-likeness (QED) is 0.369. The Hall–Kier alpha value is -3.63. The number of hydroxylamine groups is 1. The number of quaternary nitrogens is 1. The van der Waals surface area contributed by atoms with Crippen molar-refractivity contribution >= 4 is 40.9 Å². The Kier molecular flexibility index (Phi) is 9.03. The number of hydrogen-bond donors (Lipinski definition) is 2. The molecule has 11 heteroatoms. The van der Waals surface area contributed by atoms with E-state index in [9.17, 15) is 14.4 Å². The zero-order valence-corrected chi connectivity index (χ0v) is 25.0. The van der Waals surface area contributed by atoms with Gasteiger partial charge in [0.2, 0.25) is 0 Å². The van der Waals surface area contributed by atoms with Gasteiger partial charge < -0.3 is 14.9 Å². The number of carbonyl (C=O) groups is 3. The third-order valence-electron chi connectivity index (χ3n) is 8.16. The van der Waals surface area contributed by atoms with Crippen molar-refractivity contribution < 1.29 is 28.6 Å². The van der Waals surface area contributed by atoms with Crippen molar-refractivity contribution in [3.63, 3.8) is 0 Å². The van der Waals surface area contributed by atoms with Crippen LogP contribution in [0.5, 0.6) is 5.75 Å². The van der Waals surface area contributed by atoms with Crippen LogP contribution in [0, 0.1) is 0 Å². The standard InChI is InChI=1S/C31H32Cl2N4O5/c1-34-30(39)23-9-7-22(8-10-23)21-5-3-20(4-6-21)11-12-37(13-15-41-16-14-37)36(2)29(38)18-25-24-17-26(32)27(33)19-28(24)42-35-31(25)40/h3-10,17,19,25H,11-16,18H2,1-2H3,(H-,34,35,39,40)/p+1. The lowest BCUT2D eigenvalue weighted by atomic mass is 9.92. The highest BCUT2D eigenvalue weighted by atomic mass is 35.5. The zero-order valence-electron chi connectivity index (χ0n) is 23.5. The Bertz CT molecular complexity index is 1470. The Labute approximate surface area is 254 Å². The number of carbonyl (C=O) groups excluding carboxylic acids is 3. The van der Waals surface area contributed by atoms with E-state index < -0.39 is 11.8 Å². The van der Waals surface area contributed by atoms with Crippen LogP contribution in [0.25, 0.3) is 11.1 Å². The van der Waals surface area contributed by atoms with Gasteiger partial charge in [0, 0.05) is 37.1 Å². The number of ether oxygens (including phenoxy) is 1. The molecule has 42 heavy (non-hydrogen) atoms. The Morgan fingerprint density at radius 1 is 1.00 bits per heavy atom. The largest absolute Gasteiger partial charge is 0.379 e. The van der Waals surface area contributed by atoms with Gasteiger partial charge in [0.25, 0.3) is 17.7 Å². The molecule has 2 aliphatic rings. The lowest BCUT2D eigenvalue weighted by Crippen LogP contribution is -2.66. The lowest BCUT2D eigenvalue weighted by Gasteiger charge is -2.46. The molecule has 1 saturated heterocycles. The van der Waals surface area contributed by atoms with E-state index >= 15 is 0 Å². The Morgan fingerprint density at radius 2 is 1.62 bits per heavy atom. The van der Waals surface area contributed by atoms with Gasteiger partial charge in [-0.3, -0.25) is 14.4 Å². The monoisotopic (exact) mass is 611 g/mol. The van der Waals surface area contributed by atoms with Gasteiger partial charge in [0.1, 0.15) is 19.6 Å². The smallest absolute Gasteiger partial charge is 0.268 e. The first-order valence-corrected chi connectivity index (χ1v) is 14.5. The lowest BCUT2D eigenvalue weighted by molar-refractivity contribution is -1.03. The molecule has 5 rings (SSSR count). The zero-order chi connectivity index (χ0) is 29.9. The molecule has 9 nitrogen and oxygen atoms in total. The van der Waals surface area contributed by atoms with Crippen molar-refractivity contribution in [3.05, 3.63) is 87.4 Å². The first kappa shape index (κ1) is 29.8. The molecule has 0 bridgehead atoms. The SMILES string of the molecule is CNC(=O)c1ccc(-c2ccc(CC[N+]3(N(C)C(=O)CC4C(=O)NOc5cc(Cl)c(Cl)cc54)CCOCC3)cc2)cc1. The summed E-state index contributed by atoms with van der Waals surface area (Å²) in [6.45, 7) is 3.07. The number of fused-ring (bicyclic) bond motifs is 1. The highest BCUT2D eigenvalue weighted by Crippen LogP contribution is 2.38. The molecule has 3 aromatic carbocycles. The van der Waals surface area contributed by atoms with Gasteiger partial charge in [-0.05, 0) is 34.9 Å². The molecule has 2 N–H and O–H groups in total. The second kappa shape index (κ2) is 12.7. The third-order valence-corrected chi connectivity index (χ3v) is 8.89. The van der Waals surface area contributed by atoms with Crippen LogP contribution in [0.3, 0.4) is 0 Å². The van der Waals surface area contributed by atoms with Crippen LogP contribution in [-0.4, -0.2) is 74.3 Å². The topological polar surface area (TPSA) is 97.0 Å². The molecule has 220 valence electrons. The average Bonchev–Trinajstić information content (AvgIpc) is 3.02. The number of rotatable bonds is 8. The molecule has 2 aliphatic heterocycles. The van der Waals surface area contributed by atoms with Gasteiger partial charge >= 0.3 is 0 Å². The van der Waals surface area contributed by atoms with E-state index in [4.69, 9.17) is 32.8 Å². The maximum Gasteiger partial charge on any atom is 0.268 e. The number of benzene rings is 3. The van der Waals surface area contributed by atoms with E-state index in [1.807, 2.05) is 24.3 Å². The van der Waals surface area contributed by atoms with E-state index in [0.29, 0.717) is 64.4 Å². The van der Waals surface area contributed by atoms with E-state index in [1.165, 1.54) is 0 Å². The highest BCUT2D eigenvalue weighted by molar-refractivity contribution is 6.42. The molecule has 1 atom stereocenters. The molecule has 0 spiro atoms. The van der Waals surface area contributed by atoms with Crippen LogP contribution in [0.15, 0.2) is 60.7 Å². The van der Waals surface area contributed by atoms with Crippen molar-refractivity contribution in [3.8, 4) is 16.9 Å². The molecule has 3 aromatic rings. The van der Waals surface area contributed by atoms with Crippen molar-refractivity contribution in [2.24, 2.45) is 0 Å². The molecule has 2 heterocycles. The van der Waals surface area contributed by atoms with Gasteiger partial charge in [-0.15, -0.1) is 0 Å². The van der Waals surface area contributed by atoms with Crippen molar-refractivity contribution in [2.45, 2.75) is 18.8 Å². The van der Waals surface area contributed by atoms with E-state index in [1.54, 1.807) is 31.2 Å². The van der Waals surface area contributed by atoms with E-state index in [0.717, 1.165) is 23.1 Å². The first-order valence-electron chi connectivity index (χ1n) is 13.8. The second-order valence-electron chi connectivity index (χ2n) is 10.5. The van der Waals surface area contributed by atoms with E-state index in [2.05, 4.69) is 35.1 Å². The summed E-state index contributed by atoms with van der Waals surface area (Å²) in [5.74, 6) is -1.05. The predicted molar refractivity (Wildman–Crippen MR) is 160 cm³/mol. The summed E-state index contributed by atoms with van der Waals surface area (Å²) in [7, 11) is 3.41. The molecule has 0 aromatic heterocycles. The van der Waals surface area contributed by atoms with Crippen molar-refractivity contribution in [1.82, 2.24) is 15.8 Å². The summed E-state index contributed by atoms with van der Waals surface area (Å²) < 4.78 is 6.08. The Morgan fingerprint density at radius 3 is 2.26 bits per heavy atom. The highest BCUT2D eigenvalue weighted by Gasteiger charge is 2.41. The van der Waals surface area contributed by atoms with Gasteiger partial charge in [0.05, 0.1) is 36.2 Å². The number of nitrogens with zero attached hydrogens (tertiary/aromatic N) is 2. The van der Waals surface area contributed by atoms with Crippen LogP contribution in [0.2, 0.25) is 10.0 Å². The van der Waals surface area contributed by atoms with Crippen molar-refractivity contribution in [2.75, 3.05) is 46.9 Å². The molecule has 1 unspecified atom stereocenters. The molecule has 0 aliphatic carbocycles. The van der Waals surface area contributed by atoms with Crippen LogP contribution in [-0.2, 0) is 20.7 Å². The minimum atomic E-state index is -0.752. The number of nitrogens with one attached hydrogen (secondary N) is 2. The van der Waals surface area contributed by atoms with Gasteiger partial charge in [-0.1, -0.05) is 59.6 Å². The van der Waals surface area contributed by atoms with E-state index in [-0.39, 0.29) is 18.2 Å². The summed E-state index contributed by atoms with van der Waals surface area (Å²) in [6, 6.07) is 19.0. The molecule has 1 fully saturated rings. The third kappa shape index (κ3) is 6.24. The van der Waals surface area contributed by atoms with Crippen LogP contribution in [0.4, 0.5) is 0 Å². The number of morpholine rings is 1. The molecule has 0 radical (unpaired) electrons. The molecule has 3 amide bonds. The maximum absolute atomic E-state index is 13.7. The average molecular weight is 613 g/mol. The first-order chi connectivity index (χ1) is 20.2. The molecular formula is C31H33Cl2N4O5+. The minimum Gasteiger partial charge on any atom is -0.379 e. The van der Waals surface area contributed by atoms with Crippen LogP contribution in [0.1, 0.15) is 33.8 Å². The fourth-order valence-corrected chi connectivity index (χ4v) is 5.81. The normalized spacial score (nSPS) is 17.4. The number of hydrogen-bond acceptors (Lipinski definition) is 5. The van der Waals surface area contributed by atoms with Gasteiger partial charge in [0.15, 0.2) is 5.75 Å². The van der Waals surface area contributed by atoms with Crippen molar-refractivity contribution in [1.29, 1.82) is 0 Å². The second-order valence-corrected chi connectivity index (χ2v) is 11.3. The summed E-state index contributed by atoms with van der Waals surface area (Å²) in [6.07, 6.45) is 0.715. The van der Waals surface area contributed by atoms with Gasteiger partial charge in [-0.2, -0.15) is 10.5 Å². The van der Waals surface area contributed by atoms with Crippen LogP contribution < -0.4 is 15.6 Å². The molecule has 0 saturated carbocycles. The summed E-state index contributed by atoms with van der Waals surface area (Å²) in [5, 5.41) is 4.99. The predicted octanol–water partition coefficient (Wildman–Crippen LogP) is 4.38. The Balaban J connectivity index is 1.28. The summed E-state index contributed by atoms with van der Waals surface area (Å²) in [4.78, 5) is 43.6. The maximum atomic E-state index is 13.7. The number of amides is 3. The fourth-order valence-electron chi connectivity index (χ4n) is 5.48. The number of halogens is 2.